The van der Waals surface area contributed by atoms with Crippen LogP contribution in [0.1, 0.15) is 12.8 Å². The maximum absolute atomic E-state index is 11.8. The van der Waals surface area contributed by atoms with Crippen molar-refractivity contribution >= 4 is 33.7 Å². The van der Waals surface area contributed by atoms with Gasteiger partial charge in [0.15, 0.2) is 0 Å². The third-order valence-corrected chi connectivity index (χ3v) is 3.30. The van der Waals surface area contributed by atoms with Gasteiger partial charge in [0, 0.05) is 23.2 Å². The van der Waals surface area contributed by atoms with Crippen LogP contribution in [0.5, 0.6) is 0 Å². The lowest BCUT2D eigenvalue weighted by Gasteiger charge is -2.21. The van der Waals surface area contributed by atoms with Gasteiger partial charge in [0.1, 0.15) is 12.6 Å². The lowest BCUT2D eigenvalue weighted by molar-refractivity contribution is -0.137. The number of nitrogens with one attached hydrogen (secondary N) is 2. The molecule has 0 bridgehead atoms. The van der Waals surface area contributed by atoms with Crippen LogP contribution in [-0.2, 0) is 20.9 Å². The van der Waals surface area contributed by atoms with Crippen molar-refractivity contribution in [3.63, 3.8) is 0 Å². The monoisotopic (exact) mass is 341 g/mol. The second kappa shape index (κ2) is 6.00. The Morgan fingerprint density at radius 2 is 2.15 bits per heavy atom. The maximum atomic E-state index is 11.8. The third-order valence-electron chi connectivity index (χ3n) is 2.84. The maximum Gasteiger partial charge on any atom is 0.251 e. The molecule has 1 aromatic rings. The van der Waals surface area contributed by atoms with E-state index in [0.29, 0.717) is 4.47 Å². The zero-order valence-corrected chi connectivity index (χ0v) is 12.0. The summed E-state index contributed by atoms with van der Waals surface area (Å²) in [5, 5.41) is 4.66. The molecule has 106 valence electrons. The third kappa shape index (κ3) is 3.53. The first-order valence-corrected chi connectivity index (χ1v) is 6.74. The highest BCUT2D eigenvalue weighted by molar-refractivity contribution is 9.10. The summed E-state index contributed by atoms with van der Waals surface area (Å²) in [5.74, 6) is -1.32. The molecule has 1 saturated heterocycles. The largest absolute Gasteiger partial charge is 0.343 e. The summed E-state index contributed by atoms with van der Waals surface area (Å²) in [6.07, 6.45) is 1.95. The van der Waals surface area contributed by atoms with Crippen molar-refractivity contribution in [1.82, 2.24) is 15.2 Å². The van der Waals surface area contributed by atoms with Gasteiger partial charge in [0.25, 0.3) is 5.56 Å². The van der Waals surface area contributed by atoms with Gasteiger partial charge in [-0.2, -0.15) is 0 Å². The van der Waals surface area contributed by atoms with E-state index in [0.717, 1.165) is 0 Å². The molecule has 0 aromatic carbocycles. The van der Waals surface area contributed by atoms with Crippen LogP contribution < -0.4 is 16.2 Å². The Bertz CT molecular complexity index is 625. The van der Waals surface area contributed by atoms with Crippen molar-refractivity contribution in [2.75, 3.05) is 0 Å². The van der Waals surface area contributed by atoms with Crippen LogP contribution in [-0.4, -0.2) is 28.3 Å². The number of hydrogen-bond donors (Lipinski definition) is 2. The average Bonchev–Trinajstić information content (AvgIpc) is 2.37. The van der Waals surface area contributed by atoms with E-state index in [1.165, 1.54) is 16.8 Å². The molecular formula is C12H12BrN3O4. The van der Waals surface area contributed by atoms with Crippen molar-refractivity contribution in [3.8, 4) is 0 Å². The molecule has 0 saturated carbocycles. The Morgan fingerprint density at radius 3 is 2.85 bits per heavy atom. The van der Waals surface area contributed by atoms with Crippen molar-refractivity contribution in [2.45, 2.75) is 25.4 Å². The molecule has 0 spiro atoms. The molecule has 3 amide bonds. The summed E-state index contributed by atoms with van der Waals surface area (Å²) in [4.78, 5) is 45.8. The molecule has 1 atom stereocenters. The van der Waals surface area contributed by atoms with Crippen LogP contribution in [0, 0.1) is 0 Å². The van der Waals surface area contributed by atoms with Crippen molar-refractivity contribution < 1.29 is 14.4 Å². The minimum Gasteiger partial charge on any atom is -0.343 e. The number of carbonyl (C=O) groups is 3. The fourth-order valence-corrected chi connectivity index (χ4v) is 2.23. The van der Waals surface area contributed by atoms with Gasteiger partial charge >= 0.3 is 0 Å². The molecule has 7 nitrogen and oxygen atoms in total. The second-order valence-corrected chi connectivity index (χ2v) is 5.30. The molecule has 2 heterocycles. The molecule has 8 heteroatoms. The summed E-state index contributed by atoms with van der Waals surface area (Å²) < 4.78 is 1.90. The number of pyridine rings is 1. The fourth-order valence-electron chi connectivity index (χ4n) is 1.85. The second-order valence-electron chi connectivity index (χ2n) is 4.38. The van der Waals surface area contributed by atoms with E-state index in [9.17, 15) is 19.2 Å². The zero-order valence-electron chi connectivity index (χ0n) is 10.4. The number of carbonyl (C=O) groups excluding carboxylic acids is 3. The van der Waals surface area contributed by atoms with Gasteiger partial charge in [-0.15, -0.1) is 0 Å². The SMILES string of the molecule is O=C1CCC(NC(=O)Cn2cc(Br)ccc2=O)C(=O)N1. The van der Waals surface area contributed by atoms with Gasteiger partial charge in [-0.25, -0.2) is 0 Å². The van der Waals surface area contributed by atoms with Crippen LogP contribution in [0.2, 0.25) is 0 Å². The van der Waals surface area contributed by atoms with Crippen LogP contribution in [0.15, 0.2) is 27.6 Å². The van der Waals surface area contributed by atoms with Crippen molar-refractivity contribution in [3.05, 3.63) is 33.2 Å². The first-order valence-electron chi connectivity index (χ1n) is 5.95. The molecule has 20 heavy (non-hydrogen) atoms. The van der Waals surface area contributed by atoms with E-state index in [-0.39, 0.29) is 30.9 Å². The number of imide groups is 1. The Morgan fingerprint density at radius 1 is 1.40 bits per heavy atom. The summed E-state index contributed by atoms with van der Waals surface area (Å²) in [5.41, 5.74) is -0.313. The lowest BCUT2D eigenvalue weighted by atomic mass is 10.1. The number of amides is 3. The molecule has 1 aliphatic heterocycles. The number of hydrogen-bond acceptors (Lipinski definition) is 4. The summed E-state index contributed by atoms with van der Waals surface area (Å²) in [7, 11) is 0. The minimum atomic E-state index is -0.733. The number of aromatic nitrogens is 1. The standard InChI is InChI=1S/C12H12BrN3O4/c13-7-1-4-11(19)16(5-7)6-10(18)14-8-2-3-9(17)15-12(8)20/h1,4-5,8H,2-3,6H2,(H,14,18)(H,15,17,20). The Kier molecular flexibility index (Phi) is 4.33. The normalized spacial score (nSPS) is 18.6. The predicted octanol–water partition coefficient (Wildman–Crippen LogP) is -0.468. The van der Waals surface area contributed by atoms with Crippen molar-refractivity contribution in [1.29, 1.82) is 0 Å². The molecule has 2 rings (SSSR count). The van der Waals surface area contributed by atoms with E-state index in [1.54, 1.807) is 6.07 Å². The fraction of sp³-hybridized carbons (Fsp3) is 0.333. The molecule has 0 radical (unpaired) electrons. The molecule has 1 unspecified atom stereocenters. The molecule has 2 N–H and O–H groups in total. The van der Waals surface area contributed by atoms with Gasteiger partial charge in [-0.05, 0) is 28.4 Å². The van der Waals surface area contributed by atoms with Gasteiger partial charge in [-0.1, -0.05) is 0 Å². The Labute approximate surface area is 122 Å². The van der Waals surface area contributed by atoms with E-state index in [4.69, 9.17) is 0 Å². The van der Waals surface area contributed by atoms with E-state index in [1.807, 2.05) is 0 Å². The highest BCUT2D eigenvalue weighted by atomic mass is 79.9. The Hall–Kier alpha value is -1.96. The number of rotatable bonds is 3. The first kappa shape index (κ1) is 14.4. The number of nitrogens with zero attached hydrogens (tertiary/aromatic N) is 1. The van der Waals surface area contributed by atoms with Crippen LogP contribution in [0.25, 0.3) is 0 Å². The van der Waals surface area contributed by atoms with E-state index < -0.39 is 17.9 Å². The molecule has 1 aliphatic rings. The number of halogens is 1. The highest BCUT2D eigenvalue weighted by Gasteiger charge is 2.27. The van der Waals surface area contributed by atoms with Gasteiger partial charge in [-0.3, -0.25) is 24.5 Å². The molecule has 1 fully saturated rings. The van der Waals surface area contributed by atoms with Crippen LogP contribution >= 0.6 is 15.9 Å². The highest BCUT2D eigenvalue weighted by Crippen LogP contribution is 2.06. The topological polar surface area (TPSA) is 97.3 Å². The summed E-state index contributed by atoms with van der Waals surface area (Å²) in [6.45, 7) is -0.185. The van der Waals surface area contributed by atoms with Crippen LogP contribution in [0.4, 0.5) is 0 Å². The minimum absolute atomic E-state index is 0.185. The van der Waals surface area contributed by atoms with Gasteiger partial charge in [0.2, 0.25) is 17.7 Å². The lowest BCUT2D eigenvalue weighted by Crippen LogP contribution is -2.53. The number of piperidine rings is 1. The first-order chi connectivity index (χ1) is 9.45. The van der Waals surface area contributed by atoms with Gasteiger partial charge < -0.3 is 9.88 Å². The molecular weight excluding hydrogens is 330 g/mol. The average molecular weight is 342 g/mol. The van der Waals surface area contributed by atoms with E-state index in [2.05, 4.69) is 26.6 Å². The predicted molar refractivity (Wildman–Crippen MR) is 72.7 cm³/mol. The summed E-state index contributed by atoms with van der Waals surface area (Å²) >= 11 is 3.21. The quantitative estimate of drug-likeness (QED) is 0.726. The zero-order chi connectivity index (χ0) is 14.7. The smallest absolute Gasteiger partial charge is 0.251 e. The van der Waals surface area contributed by atoms with Gasteiger partial charge in [0.05, 0.1) is 0 Å². The Balaban J connectivity index is 1.99. The van der Waals surface area contributed by atoms with Crippen LogP contribution in [0.3, 0.4) is 0 Å². The van der Waals surface area contributed by atoms with E-state index >= 15 is 0 Å². The molecule has 0 aliphatic carbocycles. The molecule has 1 aromatic heterocycles. The van der Waals surface area contributed by atoms with Crippen molar-refractivity contribution in [2.24, 2.45) is 0 Å². The summed E-state index contributed by atoms with van der Waals surface area (Å²) in [6, 6.07) is 2.18.